The van der Waals surface area contributed by atoms with Crippen LogP contribution < -0.4 is 16.2 Å². The molecule has 0 amide bonds. The summed E-state index contributed by atoms with van der Waals surface area (Å²) in [5.74, 6) is -2.75. The lowest BCUT2D eigenvalue weighted by atomic mass is 9.77. The molecule has 0 bridgehead atoms. The van der Waals surface area contributed by atoms with E-state index < -0.39 is 67.0 Å². The molecule has 0 saturated carbocycles. The van der Waals surface area contributed by atoms with Crippen LogP contribution in [0.2, 0.25) is 0 Å². The lowest BCUT2D eigenvalue weighted by Gasteiger charge is -2.40. The number of aliphatic imine (C=N–C) groups is 1. The zero-order valence-corrected chi connectivity index (χ0v) is 23.5. The molecule has 0 radical (unpaired) electrons. The molecular weight excluding hydrogens is 574 g/mol. The van der Waals surface area contributed by atoms with E-state index in [-0.39, 0.29) is 46.7 Å². The van der Waals surface area contributed by atoms with E-state index in [1.165, 1.54) is 18.2 Å². The quantitative estimate of drug-likeness (QED) is 0.0879. The first-order valence-electron chi connectivity index (χ1n) is 13.9. The minimum atomic E-state index is -1.85. The summed E-state index contributed by atoms with van der Waals surface area (Å²) in [5.41, 5.74) is 12.5. The van der Waals surface area contributed by atoms with E-state index in [1.807, 2.05) is 30.3 Å². The maximum Gasteiger partial charge on any atom is 0.229 e. The number of aliphatic hydroxyl groups excluding tert-OH is 5. The summed E-state index contributed by atoms with van der Waals surface area (Å²) in [7, 11) is 0. The first-order chi connectivity index (χ1) is 21.1. The SMILES string of the molecule is NC(N)=NCc1c(CCc2ccccc2)c2c(c(O)c1O[C@H]1O[C@@H](CO)[C@H](O)[C@@H](O)[C@@H]1O)C(=O)c1cc(CO)ccc1C2=O. The monoisotopic (exact) mass is 607 g/mol. The third-order valence-electron chi connectivity index (χ3n) is 7.86. The third-order valence-corrected chi connectivity index (χ3v) is 7.86. The highest BCUT2D eigenvalue weighted by Gasteiger charge is 2.46. The molecule has 44 heavy (non-hydrogen) atoms. The number of aryl methyl sites for hydroxylation is 1. The Labute approximate surface area is 251 Å². The smallest absolute Gasteiger partial charge is 0.229 e. The van der Waals surface area contributed by atoms with Gasteiger partial charge in [0.1, 0.15) is 24.4 Å². The Hall–Kier alpha value is -4.37. The number of aromatic hydroxyl groups is 1. The van der Waals surface area contributed by atoms with Gasteiger partial charge in [-0.05, 0) is 41.7 Å². The minimum absolute atomic E-state index is 0.0332. The molecule has 0 unspecified atom stereocenters. The fraction of sp³-hybridized carbons (Fsp3) is 0.323. The van der Waals surface area contributed by atoms with Crippen LogP contribution in [0.4, 0.5) is 0 Å². The van der Waals surface area contributed by atoms with E-state index in [9.17, 15) is 40.2 Å². The maximum atomic E-state index is 14.0. The summed E-state index contributed by atoms with van der Waals surface area (Å²) in [6, 6.07) is 13.6. The van der Waals surface area contributed by atoms with Crippen LogP contribution >= 0.6 is 0 Å². The fourth-order valence-corrected chi connectivity index (χ4v) is 5.57. The number of nitrogens with two attached hydrogens (primary N) is 2. The molecule has 232 valence electrons. The van der Waals surface area contributed by atoms with Crippen molar-refractivity contribution in [3.05, 3.63) is 93.0 Å². The zero-order chi connectivity index (χ0) is 31.7. The Kier molecular flexibility index (Phi) is 8.97. The average Bonchev–Trinajstić information content (AvgIpc) is 3.03. The summed E-state index contributed by atoms with van der Waals surface area (Å²) in [6.07, 6.45) is -7.83. The van der Waals surface area contributed by atoms with Gasteiger partial charge in [-0.3, -0.25) is 9.59 Å². The Bertz CT molecular complexity index is 1600. The molecule has 13 nitrogen and oxygen atoms in total. The van der Waals surface area contributed by atoms with Gasteiger partial charge in [0.05, 0.1) is 25.3 Å². The van der Waals surface area contributed by atoms with Crippen molar-refractivity contribution in [3.63, 3.8) is 0 Å². The van der Waals surface area contributed by atoms with Crippen molar-refractivity contribution in [1.82, 2.24) is 0 Å². The van der Waals surface area contributed by atoms with Crippen LogP contribution in [0.15, 0.2) is 53.5 Å². The van der Waals surface area contributed by atoms with E-state index in [4.69, 9.17) is 20.9 Å². The molecule has 10 N–H and O–H groups in total. The normalized spacial score (nSPS) is 22.7. The van der Waals surface area contributed by atoms with Crippen molar-refractivity contribution in [1.29, 1.82) is 0 Å². The summed E-state index contributed by atoms with van der Waals surface area (Å²) in [4.78, 5) is 32.0. The number of phenols is 1. The van der Waals surface area contributed by atoms with Gasteiger partial charge in [-0.15, -0.1) is 0 Å². The van der Waals surface area contributed by atoms with Crippen molar-refractivity contribution < 1.29 is 49.7 Å². The molecule has 1 heterocycles. The van der Waals surface area contributed by atoms with Gasteiger partial charge in [-0.2, -0.15) is 0 Å². The standard InChI is InChI=1S/C31H33N3O10/c32-31(33)34-11-19-16(8-6-14-4-2-1-3-5-14)21-22(24(38)18-10-15(12-35)7-9-17(18)23(21)37)26(40)29(19)44-30-28(42)27(41)25(39)20(13-36)43-30/h1-5,7,9-10,20,25,27-28,30,35-36,39-42H,6,8,11-13H2,(H4,32,33,34)/t20-,25-,27+,28-,30+/m0/s1. The third kappa shape index (κ3) is 5.64. The number of rotatable bonds is 9. The van der Waals surface area contributed by atoms with Gasteiger partial charge in [0, 0.05) is 22.3 Å². The first kappa shape index (κ1) is 31.1. The zero-order valence-electron chi connectivity index (χ0n) is 23.5. The molecule has 1 aliphatic heterocycles. The van der Waals surface area contributed by atoms with E-state index in [0.29, 0.717) is 17.5 Å². The van der Waals surface area contributed by atoms with Crippen LogP contribution in [-0.4, -0.2) is 85.5 Å². The van der Waals surface area contributed by atoms with Crippen LogP contribution in [0.3, 0.4) is 0 Å². The molecule has 13 heteroatoms. The number of ether oxygens (including phenoxy) is 2. The molecule has 0 spiro atoms. The van der Waals surface area contributed by atoms with Gasteiger partial charge in [-0.25, -0.2) is 4.99 Å². The van der Waals surface area contributed by atoms with Crippen LogP contribution in [0.25, 0.3) is 0 Å². The summed E-state index contributed by atoms with van der Waals surface area (Å²) < 4.78 is 11.4. The Morgan fingerprint density at radius 2 is 1.55 bits per heavy atom. The second kappa shape index (κ2) is 12.7. The highest BCUT2D eigenvalue weighted by molar-refractivity contribution is 6.30. The minimum Gasteiger partial charge on any atom is -0.504 e. The number of fused-ring (bicyclic) bond motifs is 2. The number of hydrogen-bond donors (Lipinski definition) is 8. The van der Waals surface area contributed by atoms with Crippen LogP contribution in [0, 0.1) is 0 Å². The van der Waals surface area contributed by atoms with Crippen molar-refractivity contribution in [2.75, 3.05) is 6.61 Å². The molecule has 1 saturated heterocycles. The number of benzene rings is 3. The van der Waals surface area contributed by atoms with E-state index in [1.54, 1.807) is 0 Å². The van der Waals surface area contributed by atoms with Gasteiger partial charge in [-0.1, -0.05) is 36.4 Å². The highest BCUT2D eigenvalue weighted by Crippen LogP contribution is 2.46. The van der Waals surface area contributed by atoms with E-state index >= 15 is 0 Å². The average molecular weight is 608 g/mol. The molecule has 2 aliphatic rings. The fourth-order valence-electron chi connectivity index (χ4n) is 5.57. The lowest BCUT2D eigenvalue weighted by molar-refractivity contribution is -0.277. The predicted octanol–water partition coefficient (Wildman–Crippen LogP) is -0.603. The Balaban J connectivity index is 1.73. The number of aliphatic hydroxyl groups is 5. The van der Waals surface area contributed by atoms with Gasteiger partial charge in [0.2, 0.25) is 6.29 Å². The number of carbonyl (C=O) groups is 2. The van der Waals surface area contributed by atoms with Crippen molar-refractivity contribution in [3.8, 4) is 11.5 Å². The Morgan fingerprint density at radius 3 is 2.20 bits per heavy atom. The first-order valence-corrected chi connectivity index (χ1v) is 13.9. The van der Waals surface area contributed by atoms with E-state index in [2.05, 4.69) is 4.99 Å². The van der Waals surface area contributed by atoms with Gasteiger partial charge in [0.25, 0.3) is 0 Å². The molecule has 1 fully saturated rings. The number of carbonyl (C=O) groups excluding carboxylic acids is 2. The molecule has 0 aromatic heterocycles. The van der Waals surface area contributed by atoms with Gasteiger partial charge in [0.15, 0.2) is 29.0 Å². The molecule has 3 aromatic rings. The van der Waals surface area contributed by atoms with Crippen molar-refractivity contribution in [2.24, 2.45) is 16.5 Å². The van der Waals surface area contributed by atoms with Crippen LogP contribution in [-0.2, 0) is 30.7 Å². The second-order valence-corrected chi connectivity index (χ2v) is 10.6. The molecule has 1 aliphatic carbocycles. The van der Waals surface area contributed by atoms with Crippen molar-refractivity contribution >= 4 is 17.5 Å². The van der Waals surface area contributed by atoms with E-state index in [0.717, 1.165) is 5.56 Å². The lowest BCUT2D eigenvalue weighted by Crippen LogP contribution is -2.60. The number of ketones is 2. The molecular formula is C31H33N3O10. The number of guanidine groups is 1. The number of nitrogens with zero attached hydrogens (tertiary/aromatic N) is 1. The summed E-state index contributed by atoms with van der Waals surface area (Å²) in [6.45, 7) is -1.45. The van der Waals surface area contributed by atoms with Gasteiger partial charge < -0.3 is 51.6 Å². The highest BCUT2D eigenvalue weighted by atomic mass is 16.7. The van der Waals surface area contributed by atoms with Gasteiger partial charge >= 0.3 is 0 Å². The maximum absolute atomic E-state index is 14.0. The predicted molar refractivity (Wildman–Crippen MR) is 155 cm³/mol. The second-order valence-electron chi connectivity index (χ2n) is 10.6. The largest absolute Gasteiger partial charge is 0.504 e. The Morgan fingerprint density at radius 1 is 0.841 bits per heavy atom. The topological polar surface area (TPSA) is 238 Å². The molecule has 5 atom stereocenters. The van der Waals surface area contributed by atoms with Crippen LogP contribution in [0.5, 0.6) is 11.5 Å². The van der Waals surface area contributed by atoms with Crippen molar-refractivity contribution in [2.45, 2.75) is 56.7 Å². The summed E-state index contributed by atoms with van der Waals surface area (Å²) >= 11 is 0. The number of hydrogen-bond acceptors (Lipinski definition) is 11. The van der Waals surface area contributed by atoms with Crippen LogP contribution in [0.1, 0.15) is 54.1 Å². The molecule has 3 aromatic carbocycles. The molecule has 5 rings (SSSR count). The summed E-state index contributed by atoms with van der Waals surface area (Å²) in [5, 5.41) is 62.2. The number of phenolic OH excluding ortho intramolecular Hbond substituents is 1.